The Hall–Kier alpha value is -2.62. The number of carbonyl (C=O) groups is 1. The number of hydrogen-bond donors (Lipinski definition) is 4. The number of carboxylic acid groups (broad SMARTS) is 1. The Labute approximate surface area is 177 Å². The second kappa shape index (κ2) is 10.4. The number of anilines is 1. The maximum Gasteiger partial charge on any atom is 0.422 e. The van der Waals surface area contributed by atoms with Gasteiger partial charge >= 0.3 is 6.09 Å². The van der Waals surface area contributed by atoms with Crippen molar-refractivity contribution in [1.29, 1.82) is 0 Å². The summed E-state index contributed by atoms with van der Waals surface area (Å²) in [6.07, 6.45) is -1.86. The molecule has 0 spiro atoms. The predicted molar refractivity (Wildman–Crippen MR) is 116 cm³/mol. The minimum Gasteiger partial charge on any atom is -0.464 e. The zero-order valence-corrected chi connectivity index (χ0v) is 17.9. The van der Waals surface area contributed by atoms with E-state index in [1.165, 1.54) is 31.2 Å². The third-order valence-electron chi connectivity index (χ3n) is 4.74. The lowest BCUT2D eigenvalue weighted by Gasteiger charge is -2.32. The lowest BCUT2D eigenvalue weighted by Crippen LogP contribution is -2.55. The molecule has 0 aliphatic heterocycles. The van der Waals surface area contributed by atoms with Crippen LogP contribution in [0.15, 0.2) is 59.5 Å². The van der Waals surface area contributed by atoms with Crippen LogP contribution in [0.4, 0.5) is 10.5 Å². The van der Waals surface area contributed by atoms with Crippen LogP contribution >= 0.6 is 0 Å². The highest BCUT2D eigenvalue weighted by atomic mass is 32.2. The van der Waals surface area contributed by atoms with Gasteiger partial charge in [0.05, 0.1) is 22.8 Å². The number of nitrogens with one attached hydrogen (secondary N) is 1. The van der Waals surface area contributed by atoms with Gasteiger partial charge in [-0.25, -0.2) is 23.6 Å². The molecule has 8 nitrogen and oxygen atoms in total. The summed E-state index contributed by atoms with van der Waals surface area (Å²) in [5.74, 6) is -0.532. The molecule has 2 aromatic carbocycles. The van der Waals surface area contributed by atoms with Crippen molar-refractivity contribution in [3.8, 4) is 0 Å². The first-order valence-electron chi connectivity index (χ1n) is 9.66. The van der Waals surface area contributed by atoms with Gasteiger partial charge in [-0.2, -0.15) is 0 Å². The summed E-state index contributed by atoms with van der Waals surface area (Å²) in [6, 6.07) is 14.5. The van der Waals surface area contributed by atoms with Gasteiger partial charge in [-0.15, -0.1) is 0 Å². The van der Waals surface area contributed by atoms with E-state index in [0.717, 1.165) is 10.6 Å². The predicted octanol–water partition coefficient (Wildman–Crippen LogP) is 2.16. The van der Waals surface area contributed by atoms with Crippen molar-refractivity contribution in [2.45, 2.75) is 37.3 Å². The molecule has 0 heterocycles. The van der Waals surface area contributed by atoms with Crippen molar-refractivity contribution in [1.82, 2.24) is 10.4 Å². The molecule has 3 unspecified atom stereocenters. The third-order valence-corrected chi connectivity index (χ3v) is 6.73. The van der Waals surface area contributed by atoms with Crippen LogP contribution in [0.1, 0.15) is 19.4 Å². The van der Waals surface area contributed by atoms with Gasteiger partial charge in [0.1, 0.15) is 0 Å². The molecule has 2 rings (SSSR count). The van der Waals surface area contributed by atoms with Crippen molar-refractivity contribution >= 4 is 21.6 Å². The number of aliphatic hydroxyl groups is 1. The van der Waals surface area contributed by atoms with Crippen LogP contribution < -0.4 is 11.2 Å². The quantitative estimate of drug-likeness (QED) is 0.332. The van der Waals surface area contributed by atoms with E-state index < -0.39 is 28.1 Å². The van der Waals surface area contributed by atoms with Crippen LogP contribution in [-0.4, -0.2) is 54.2 Å². The molecule has 2 aromatic rings. The molecule has 0 saturated carbocycles. The fourth-order valence-corrected chi connectivity index (χ4v) is 4.73. The molecule has 164 valence electrons. The van der Waals surface area contributed by atoms with Crippen LogP contribution in [0.2, 0.25) is 0 Å². The van der Waals surface area contributed by atoms with Gasteiger partial charge in [-0.1, -0.05) is 37.3 Å². The lowest BCUT2D eigenvalue weighted by molar-refractivity contribution is 0.0288. The van der Waals surface area contributed by atoms with Gasteiger partial charge in [0.2, 0.25) is 0 Å². The highest BCUT2D eigenvalue weighted by Crippen LogP contribution is 2.17. The van der Waals surface area contributed by atoms with Gasteiger partial charge < -0.3 is 15.9 Å². The van der Waals surface area contributed by atoms with E-state index in [-0.39, 0.29) is 23.1 Å². The highest BCUT2D eigenvalue weighted by molar-refractivity contribution is 7.91. The van der Waals surface area contributed by atoms with E-state index in [1.54, 1.807) is 6.92 Å². The van der Waals surface area contributed by atoms with Crippen molar-refractivity contribution in [3.63, 3.8) is 0 Å². The summed E-state index contributed by atoms with van der Waals surface area (Å²) >= 11 is 0. The Kier molecular flexibility index (Phi) is 8.22. The standard InChI is InChI=1S/C21H29N3O5S/c1-15(14-30(28,29)19-10-8-18(22)9-11-19)13-23-24(21(26)27)20(16(2)25)12-17-6-4-3-5-7-17/h3-11,15-16,20,23,25H,12-14,22H2,1-2H3,(H,26,27). The number of sulfone groups is 1. The molecule has 0 saturated heterocycles. The maximum atomic E-state index is 12.6. The number of benzene rings is 2. The molecule has 0 bridgehead atoms. The van der Waals surface area contributed by atoms with E-state index in [9.17, 15) is 23.4 Å². The molecule has 0 aromatic heterocycles. The minimum atomic E-state index is -3.54. The molecule has 0 aliphatic rings. The van der Waals surface area contributed by atoms with Gasteiger partial charge in [0.15, 0.2) is 9.84 Å². The number of rotatable bonds is 10. The normalized spacial score (nSPS) is 14.6. The molecule has 3 atom stereocenters. The monoisotopic (exact) mass is 435 g/mol. The van der Waals surface area contributed by atoms with E-state index in [1.807, 2.05) is 30.3 Å². The second-order valence-electron chi connectivity index (χ2n) is 7.47. The molecular formula is C21H29N3O5S. The number of amides is 1. The summed E-state index contributed by atoms with van der Waals surface area (Å²) in [4.78, 5) is 12.0. The van der Waals surface area contributed by atoms with E-state index in [2.05, 4.69) is 5.43 Å². The molecule has 30 heavy (non-hydrogen) atoms. The fourth-order valence-electron chi connectivity index (χ4n) is 3.12. The number of hydrazine groups is 1. The van der Waals surface area contributed by atoms with Crippen molar-refractivity contribution in [3.05, 3.63) is 60.2 Å². The third kappa shape index (κ3) is 6.72. The summed E-state index contributed by atoms with van der Waals surface area (Å²) in [6.45, 7) is 3.36. The lowest BCUT2D eigenvalue weighted by atomic mass is 10.0. The summed E-state index contributed by atoms with van der Waals surface area (Å²) < 4.78 is 25.2. The molecular weight excluding hydrogens is 406 g/mol. The summed E-state index contributed by atoms with van der Waals surface area (Å²) in [5.41, 5.74) is 9.76. The fraction of sp³-hybridized carbons (Fsp3) is 0.381. The SMILES string of the molecule is CC(CNN(C(=O)O)C(Cc1ccccc1)C(C)O)CS(=O)(=O)c1ccc(N)cc1. The number of nitrogens with zero attached hydrogens (tertiary/aromatic N) is 1. The minimum absolute atomic E-state index is 0.110. The Balaban J connectivity index is 2.05. The molecule has 1 amide bonds. The first-order valence-corrected chi connectivity index (χ1v) is 11.3. The smallest absolute Gasteiger partial charge is 0.422 e. The molecule has 0 radical (unpaired) electrons. The largest absolute Gasteiger partial charge is 0.464 e. The van der Waals surface area contributed by atoms with Gasteiger partial charge in [-0.05, 0) is 49.1 Å². The van der Waals surface area contributed by atoms with Gasteiger partial charge in [0, 0.05) is 12.2 Å². The first-order chi connectivity index (χ1) is 14.1. The Morgan fingerprint density at radius 2 is 1.70 bits per heavy atom. The highest BCUT2D eigenvalue weighted by Gasteiger charge is 2.28. The van der Waals surface area contributed by atoms with Crippen LogP contribution in [0.3, 0.4) is 0 Å². The number of nitrogen functional groups attached to an aromatic ring is 1. The van der Waals surface area contributed by atoms with E-state index in [4.69, 9.17) is 5.73 Å². The van der Waals surface area contributed by atoms with Crippen LogP contribution in [-0.2, 0) is 16.3 Å². The average Bonchev–Trinajstić information content (AvgIpc) is 2.67. The zero-order valence-electron chi connectivity index (χ0n) is 17.1. The van der Waals surface area contributed by atoms with Crippen LogP contribution in [0, 0.1) is 5.92 Å². The Morgan fingerprint density at radius 3 is 2.23 bits per heavy atom. The Morgan fingerprint density at radius 1 is 1.10 bits per heavy atom. The van der Waals surface area contributed by atoms with Crippen LogP contribution in [0.5, 0.6) is 0 Å². The van der Waals surface area contributed by atoms with Crippen molar-refractivity contribution in [2.24, 2.45) is 5.92 Å². The molecule has 5 N–H and O–H groups in total. The first kappa shape index (κ1) is 23.7. The average molecular weight is 436 g/mol. The topological polar surface area (TPSA) is 133 Å². The number of hydrogen-bond acceptors (Lipinski definition) is 6. The second-order valence-corrected chi connectivity index (χ2v) is 9.50. The number of nitrogens with two attached hydrogens (primary N) is 1. The molecule has 0 fully saturated rings. The zero-order chi connectivity index (χ0) is 22.3. The summed E-state index contributed by atoms with van der Waals surface area (Å²) in [5, 5.41) is 20.8. The molecule has 9 heteroatoms. The summed E-state index contributed by atoms with van der Waals surface area (Å²) in [7, 11) is -3.54. The van der Waals surface area contributed by atoms with E-state index in [0.29, 0.717) is 12.1 Å². The maximum absolute atomic E-state index is 12.6. The Bertz CT molecular complexity index is 917. The molecule has 0 aliphatic carbocycles. The van der Waals surface area contributed by atoms with Gasteiger partial charge in [-0.3, -0.25) is 0 Å². The van der Waals surface area contributed by atoms with Crippen LogP contribution in [0.25, 0.3) is 0 Å². The van der Waals surface area contributed by atoms with Gasteiger partial charge in [0.25, 0.3) is 0 Å². The van der Waals surface area contributed by atoms with E-state index >= 15 is 0 Å². The van der Waals surface area contributed by atoms with Crippen molar-refractivity contribution < 1.29 is 23.4 Å². The number of aliphatic hydroxyl groups excluding tert-OH is 1. The van der Waals surface area contributed by atoms with Crippen molar-refractivity contribution in [2.75, 3.05) is 18.0 Å².